The molecule has 2 N–H and O–H groups in total. The Morgan fingerprint density at radius 1 is 1.20 bits per heavy atom. The van der Waals surface area contributed by atoms with E-state index in [9.17, 15) is 4.79 Å². The quantitative estimate of drug-likeness (QED) is 0.852. The molecule has 0 radical (unpaired) electrons. The van der Waals surface area contributed by atoms with E-state index in [4.69, 9.17) is 9.84 Å². The van der Waals surface area contributed by atoms with Gasteiger partial charge in [0, 0.05) is 23.4 Å². The van der Waals surface area contributed by atoms with Crippen LogP contribution in [0.25, 0.3) is 0 Å². The lowest BCUT2D eigenvalue weighted by molar-refractivity contribution is -0.122. The van der Waals surface area contributed by atoms with Crippen LogP contribution in [-0.4, -0.2) is 24.2 Å². The molecule has 4 heteroatoms. The molecular weight excluding hydrogens is 314 g/mol. The number of nitrogens with one attached hydrogen (secondary N) is 1. The van der Waals surface area contributed by atoms with Crippen LogP contribution in [0.5, 0.6) is 5.75 Å². The topological polar surface area (TPSA) is 58.6 Å². The van der Waals surface area contributed by atoms with Gasteiger partial charge in [-0.25, -0.2) is 0 Å². The van der Waals surface area contributed by atoms with Gasteiger partial charge in [-0.1, -0.05) is 42.5 Å². The molecule has 0 bridgehead atoms. The number of rotatable bonds is 6. The van der Waals surface area contributed by atoms with Crippen molar-refractivity contribution in [3.63, 3.8) is 0 Å². The Kier molecular flexibility index (Phi) is 4.22. The van der Waals surface area contributed by atoms with Crippen LogP contribution in [0.15, 0.2) is 48.5 Å². The molecule has 1 saturated carbocycles. The van der Waals surface area contributed by atoms with Crippen LogP contribution < -0.4 is 10.1 Å². The number of fused-ring (bicyclic) bond motifs is 2. The van der Waals surface area contributed by atoms with Crippen molar-refractivity contribution in [2.45, 2.75) is 31.2 Å². The Morgan fingerprint density at radius 2 is 2.00 bits per heavy atom. The predicted molar refractivity (Wildman–Crippen MR) is 95.4 cm³/mol. The number of amides is 1. The van der Waals surface area contributed by atoms with E-state index in [2.05, 4.69) is 29.6 Å². The van der Waals surface area contributed by atoms with Crippen LogP contribution in [0.2, 0.25) is 0 Å². The van der Waals surface area contributed by atoms with Gasteiger partial charge < -0.3 is 15.2 Å². The molecule has 2 aliphatic rings. The second-order valence-corrected chi connectivity index (χ2v) is 6.97. The summed E-state index contributed by atoms with van der Waals surface area (Å²) in [6.07, 6.45) is 3.12. The minimum Gasteiger partial charge on any atom is -0.491 e. The van der Waals surface area contributed by atoms with Gasteiger partial charge in [0.05, 0.1) is 6.61 Å². The summed E-state index contributed by atoms with van der Waals surface area (Å²) < 4.78 is 5.53. The van der Waals surface area contributed by atoms with E-state index in [0.717, 1.165) is 24.8 Å². The molecule has 2 aromatic rings. The number of aryl methyl sites for hydroxylation is 1. The third-order valence-electron chi connectivity index (χ3n) is 5.56. The largest absolute Gasteiger partial charge is 0.491 e. The number of hydrogen-bond acceptors (Lipinski definition) is 3. The zero-order valence-electron chi connectivity index (χ0n) is 14.2. The molecule has 2 aliphatic carbocycles. The van der Waals surface area contributed by atoms with Crippen molar-refractivity contribution >= 4 is 5.91 Å². The van der Waals surface area contributed by atoms with E-state index in [1.54, 1.807) is 0 Å². The first-order valence-corrected chi connectivity index (χ1v) is 8.92. The number of ether oxygens (including phenoxy) is 1. The van der Waals surface area contributed by atoms with E-state index in [0.29, 0.717) is 12.3 Å². The Balaban J connectivity index is 1.40. The van der Waals surface area contributed by atoms with Crippen molar-refractivity contribution < 1.29 is 14.6 Å². The van der Waals surface area contributed by atoms with Gasteiger partial charge in [-0.15, -0.1) is 0 Å². The molecule has 0 heterocycles. The van der Waals surface area contributed by atoms with Gasteiger partial charge in [0.15, 0.2) is 0 Å². The van der Waals surface area contributed by atoms with Gasteiger partial charge in [-0.2, -0.15) is 0 Å². The van der Waals surface area contributed by atoms with Crippen LogP contribution >= 0.6 is 0 Å². The number of carbonyl (C=O) groups excluding carboxylic acids is 1. The summed E-state index contributed by atoms with van der Waals surface area (Å²) in [4.78, 5) is 12.7. The summed E-state index contributed by atoms with van der Waals surface area (Å²) in [6.45, 7) is 0.687. The molecule has 0 saturated heterocycles. The number of carbonyl (C=O) groups is 1. The average molecular weight is 337 g/mol. The lowest BCUT2D eigenvalue weighted by Gasteiger charge is -2.13. The zero-order valence-corrected chi connectivity index (χ0v) is 14.2. The Morgan fingerprint density at radius 3 is 2.88 bits per heavy atom. The highest BCUT2D eigenvalue weighted by Crippen LogP contribution is 2.61. The van der Waals surface area contributed by atoms with Crippen LogP contribution in [0.3, 0.4) is 0 Å². The number of aliphatic hydroxyl groups is 1. The number of aliphatic hydroxyl groups excluding tert-OH is 1. The van der Waals surface area contributed by atoms with Gasteiger partial charge >= 0.3 is 0 Å². The fourth-order valence-electron chi connectivity index (χ4n) is 4.19. The van der Waals surface area contributed by atoms with Gasteiger partial charge in [0.1, 0.15) is 12.4 Å². The summed E-state index contributed by atoms with van der Waals surface area (Å²) >= 11 is 0. The standard InChI is InChI=1S/C21H23NO3/c23-11-12-25-19-8-4-2-6-16(19)14-22-20(24)18-13-21(18)10-9-15-5-1-3-7-17(15)21/h1-8,18,23H,9-14H2,(H,22,24). The summed E-state index contributed by atoms with van der Waals surface area (Å²) in [5.74, 6) is 0.934. The Labute approximate surface area is 147 Å². The van der Waals surface area contributed by atoms with Gasteiger partial charge in [0.25, 0.3) is 0 Å². The van der Waals surface area contributed by atoms with Crippen LogP contribution in [0, 0.1) is 5.92 Å². The van der Waals surface area contributed by atoms with Gasteiger partial charge in [0.2, 0.25) is 5.91 Å². The summed E-state index contributed by atoms with van der Waals surface area (Å²) in [6, 6.07) is 16.2. The molecule has 0 aromatic heterocycles. The molecule has 25 heavy (non-hydrogen) atoms. The number of benzene rings is 2. The van der Waals surface area contributed by atoms with E-state index < -0.39 is 0 Å². The normalized spacial score (nSPS) is 23.3. The van der Waals surface area contributed by atoms with E-state index >= 15 is 0 Å². The van der Waals surface area contributed by atoms with E-state index in [1.807, 2.05) is 24.3 Å². The second kappa shape index (κ2) is 6.52. The first-order valence-electron chi connectivity index (χ1n) is 8.92. The van der Waals surface area contributed by atoms with Crippen LogP contribution in [-0.2, 0) is 23.2 Å². The molecule has 4 rings (SSSR count). The van der Waals surface area contributed by atoms with Crippen molar-refractivity contribution in [3.05, 3.63) is 65.2 Å². The molecule has 2 aromatic carbocycles. The van der Waals surface area contributed by atoms with Crippen LogP contribution in [0.1, 0.15) is 29.5 Å². The Bertz CT molecular complexity index is 788. The minimum atomic E-state index is -0.0231. The maximum atomic E-state index is 12.7. The highest BCUT2D eigenvalue weighted by Gasteiger charge is 2.61. The Hall–Kier alpha value is -2.33. The van der Waals surface area contributed by atoms with Crippen LogP contribution in [0.4, 0.5) is 0 Å². The molecular formula is C21H23NO3. The first kappa shape index (κ1) is 16.2. The smallest absolute Gasteiger partial charge is 0.224 e. The molecule has 130 valence electrons. The maximum Gasteiger partial charge on any atom is 0.224 e. The lowest BCUT2D eigenvalue weighted by Crippen LogP contribution is -2.27. The summed E-state index contributed by atoms with van der Waals surface area (Å²) in [5, 5.41) is 12.0. The third kappa shape index (κ3) is 2.91. The second-order valence-electron chi connectivity index (χ2n) is 6.97. The molecule has 2 atom stereocenters. The molecule has 4 nitrogen and oxygen atoms in total. The van der Waals surface area contributed by atoms with Crippen molar-refractivity contribution in [1.82, 2.24) is 5.32 Å². The number of para-hydroxylation sites is 1. The predicted octanol–water partition coefficient (Wildman–Crippen LogP) is 2.58. The molecule has 1 spiro atoms. The fourth-order valence-corrected chi connectivity index (χ4v) is 4.19. The van der Waals surface area contributed by atoms with Crippen molar-refractivity contribution in [1.29, 1.82) is 0 Å². The highest BCUT2D eigenvalue weighted by atomic mass is 16.5. The van der Waals surface area contributed by atoms with Gasteiger partial charge in [-0.05, 0) is 36.5 Å². The first-order chi connectivity index (χ1) is 12.2. The SMILES string of the molecule is O=C(NCc1ccccc1OCCO)C1CC12CCc1ccccc12. The molecule has 0 aliphatic heterocycles. The highest BCUT2D eigenvalue weighted by molar-refractivity contribution is 5.85. The van der Waals surface area contributed by atoms with Crippen molar-refractivity contribution in [2.75, 3.05) is 13.2 Å². The van der Waals surface area contributed by atoms with E-state index in [1.165, 1.54) is 11.1 Å². The molecule has 1 amide bonds. The van der Waals surface area contributed by atoms with Crippen molar-refractivity contribution in [3.8, 4) is 5.75 Å². The van der Waals surface area contributed by atoms with Gasteiger partial charge in [-0.3, -0.25) is 4.79 Å². The maximum absolute atomic E-state index is 12.7. The third-order valence-corrected chi connectivity index (χ3v) is 5.56. The van der Waals surface area contributed by atoms with E-state index in [-0.39, 0.29) is 30.5 Å². The monoisotopic (exact) mass is 337 g/mol. The number of hydrogen-bond donors (Lipinski definition) is 2. The average Bonchev–Trinajstić information content (AvgIpc) is 3.27. The summed E-state index contributed by atoms with van der Waals surface area (Å²) in [7, 11) is 0. The minimum absolute atomic E-state index is 0.0231. The van der Waals surface area contributed by atoms with Crippen molar-refractivity contribution in [2.24, 2.45) is 5.92 Å². The zero-order chi connectivity index (χ0) is 17.3. The lowest BCUT2D eigenvalue weighted by atomic mass is 9.95. The molecule has 2 unspecified atom stereocenters. The fraction of sp³-hybridized carbons (Fsp3) is 0.381. The molecule has 1 fully saturated rings. The summed E-state index contributed by atoms with van der Waals surface area (Å²) in [5.41, 5.74) is 3.79.